The van der Waals surface area contributed by atoms with Crippen LogP contribution >= 0.6 is 23.2 Å². The van der Waals surface area contributed by atoms with Crippen LogP contribution in [0.2, 0.25) is 10.0 Å². The molecule has 1 aromatic heterocycles. The molecule has 65 heavy (non-hydrogen) atoms. The van der Waals surface area contributed by atoms with Crippen LogP contribution in [0.5, 0.6) is 11.5 Å². The summed E-state index contributed by atoms with van der Waals surface area (Å²) in [5.74, 6) is -3.12. The quantitative estimate of drug-likeness (QED) is 0.130. The van der Waals surface area contributed by atoms with Crippen molar-refractivity contribution in [3.8, 4) is 22.8 Å². The van der Waals surface area contributed by atoms with E-state index >= 15 is 4.39 Å². The maximum absolute atomic E-state index is 15.4. The number of carbonyl (C=O) groups excluding carboxylic acids is 4. The van der Waals surface area contributed by atoms with Crippen molar-refractivity contribution in [3.05, 3.63) is 136 Å². The number of amides is 3. The lowest BCUT2D eigenvalue weighted by Crippen LogP contribution is -2.63. The van der Waals surface area contributed by atoms with Crippen molar-refractivity contribution in [3.63, 3.8) is 0 Å². The summed E-state index contributed by atoms with van der Waals surface area (Å²) in [6.07, 6.45) is 2.87. The number of ether oxygens (including phenoxy) is 1. The third-order valence-electron chi connectivity index (χ3n) is 12.5. The maximum Gasteiger partial charge on any atom is 0.226 e. The number of piperidine rings is 1. The normalized spacial score (nSPS) is 21.1. The maximum atomic E-state index is 15.4. The summed E-state index contributed by atoms with van der Waals surface area (Å²) in [6, 6.07) is 25.3. The lowest BCUT2D eigenvalue weighted by Gasteiger charge is -2.45. The minimum atomic E-state index is -1.16. The first-order chi connectivity index (χ1) is 31.1. The Hall–Kier alpha value is -5.60. The monoisotopic (exact) mass is 924 g/mol. The number of benzene rings is 4. The van der Waals surface area contributed by atoms with Gasteiger partial charge in [-0.3, -0.25) is 19.2 Å². The first-order valence-electron chi connectivity index (χ1n) is 21.9. The number of rotatable bonds is 12. The second-order valence-electron chi connectivity index (χ2n) is 17.6. The van der Waals surface area contributed by atoms with E-state index in [-0.39, 0.29) is 54.6 Å². The predicted molar refractivity (Wildman–Crippen MR) is 248 cm³/mol. The Bertz CT molecular complexity index is 2500. The van der Waals surface area contributed by atoms with E-state index in [9.17, 15) is 24.3 Å². The van der Waals surface area contributed by atoms with E-state index in [4.69, 9.17) is 27.9 Å². The van der Waals surface area contributed by atoms with Gasteiger partial charge < -0.3 is 34.4 Å². The predicted octanol–water partition coefficient (Wildman–Crippen LogP) is 7.65. The zero-order valence-electron chi connectivity index (χ0n) is 37.1. The van der Waals surface area contributed by atoms with Gasteiger partial charge in [0.15, 0.2) is 5.78 Å². The molecule has 0 aliphatic carbocycles. The standard InChI is InChI=1S/C50H55Cl2FN6O6/c1-32-44(61)23-38(30-60)48(63)55-50(26-34-11-15-39(51)16-12-34)19-8-20-58(31-50)49(64)36(21-33-9-6-5-7-10-33)24-47(62)59(32)28-37-22-42(53)41(52)25-45(37)65-40-17-13-35(14-18-40)43-27-54-46(57(43)4)29-56(2)3/h5-7,9-18,22,25,27,32,36,38,60H,8,19-21,23-24,26,28-31H2,1-4H3,(H,55,63)/t32-,36+,38-,50+/m0/s1. The van der Waals surface area contributed by atoms with E-state index in [2.05, 4.69) is 10.3 Å². The van der Waals surface area contributed by atoms with E-state index in [0.29, 0.717) is 43.1 Å². The summed E-state index contributed by atoms with van der Waals surface area (Å²) in [5, 5.41) is 14.1. The Balaban J connectivity index is 1.22. The fourth-order valence-electron chi connectivity index (χ4n) is 8.91. The lowest BCUT2D eigenvalue weighted by atomic mass is 9.81. The molecule has 2 saturated heterocycles. The molecule has 2 N–H and O–H groups in total. The number of ketones is 1. The van der Waals surface area contributed by atoms with Crippen LogP contribution < -0.4 is 10.1 Å². The van der Waals surface area contributed by atoms with Gasteiger partial charge in [0, 0.05) is 55.2 Å². The number of nitrogens with one attached hydrogen (secondary N) is 1. The zero-order chi connectivity index (χ0) is 46.4. The first kappa shape index (κ1) is 47.4. The molecule has 2 aliphatic heterocycles. The summed E-state index contributed by atoms with van der Waals surface area (Å²) in [4.78, 5) is 67.9. The largest absolute Gasteiger partial charge is 0.457 e. The van der Waals surface area contributed by atoms with Gasteiger partial charge in [-0.1, -0.05) is 65.7 Å². The Labute approximate surface area is 389 Å². The molecule has 0 spiro atoms. The molecule has 7 rings (SSSR count). The highest BCUT2D eigenvalue weighted by Gasteiger charge is 2.43. The van der Waals surface area contributed by atoms with Crippen LogP contribution in [0, 0.1) is 17.7 Å². The average molecular weight is 926 g/mol. The van der Waals surface area contributed by atoms with Gasteiger partial charge in [-0.15, -0.1) is 0 Å². The van der Waals surface area contributed by atoms with Gasteiger partial charge in [0.1, 0.15) is 23.1 Å². The van der Waals surface area contributed by atoms with Crippen molar-refractivity contribution in [1.82, 2.24) is 29.6 Å². The van der Waals surface area contributed by atoms with Crippen molar-refractivity contribution in [2.45, 2.75) is 70.1 Å². The number of aliphatic hydroxyl groups is 1. The molecule has 2 fully saturated rings. The average Bonchev–Trinajstić information content (AvgIpc) is 3.64. The van der Waals surface area contributed by atoms with Gasteiger partial charge in [0.25, 0.3) is 0 Å². The van der Waals surface area contributed by atoms with Crippen LogP contribution in [-0.2, 0) is 52.2 Å². The summed E-state index contributed by atoms with van der Waals surface area (Å²) in [7, 11) is 5.90. The van der Waals surface area contributed by atoms with Crippen molar-refractivity contribution in [2.24, 2.45) is 18.9 Å². The molecular weight excluding hydrogens is 870 g/mol. The molecule has 0 radical (unpaired) electrons. The van der Waals surface area contributed by atoms with Gasteiger partial charge in [-0.05, 0) is 100 Å². The molecule has 4 aromatic carbocycles. The zero-order valence-corrected chi connectivity index (χ0v) is 38.6. The van der Waals surface area contributed by atoms with Crippen molar-refractivity contribution in [2.75, 3.05) is 33.8 Å². The van der Waals surface area contributed by atoms with Crippen molar-refractivity contribution < 1.29 is 33.4 Å². The van der Waals surface area contributed by atoms with Crippen LogP contribution in [0.3, 0.4) is 0 Å². The summed E-state index contributed by atoms with van der Waals surface area (Å²) >= 11 is 12.5. The van der Waals surface area contributed by atoms with Crippen molar-refractivity contribution in [1.29, 1.82) is 0 Å². The lowest BCUT2D eigenvalue weighted by molar-refractivity contribution is -0.147. The van der Waals surface area contributed by atoms with Gasteiger partial charge in [0.2, 0.25) is 17.7 Å². The van der Waals surface area contributed by atoms with Gasteiger partial charge in [-0.2, -0.15) is 0 Å². The summed E-state index contributed by atoms with van der Waals surface area (Å²) in [6.45, 7) is 1.84. The van der Waals surface area contributed by atoms with Crippen LogP contribution in [0.1, 0.15) is 55.1 Å². The fourth-order valence-corrected chi connectivity index (χ4v) is 9.18. The molecular formula is C50H55Cl2FN6O6. The van der Waals surface area contributed by atoms with Crippen LogP contribution in [-0.4, -0.2) is 98.2 Å². The summed E-state index contributed by atoms with van der Waals surface area (Å²) in [5.41, 5.74) is 2.82. The van der Waals surface area contributed by atoms with E-state index in [1.807, 2.05) is 91.4 Å². The molecule has 4 atom stereocenters. The number of Topliss-reactive ketones (excluding diaryl/α,β-unsaturated/α-hetero) is 1. The fraction of sp³-hybridized carbons (Fsp3) is 0.380. The number of carbonyl (C=O) groups is 4. The highest BCUT2D eigenvalue weighted by atomic mass is 35.5. The van der Waals surface area contributed by atoms with Gasteiger partial charge in [0.05, 0.1) is 60.0 Å². The van der Waals surface area contributed by atoms with E-state index in [1.54, 1.807) is 36.1 Å². The number of imidazole rings is 1. The number of fused-ring (bicyclic) bond motifs is 2. The molecule has 2 aliphatic rings. The second-order valence-corrected chi connectivity index (χ2v) is 18.5. The molecule has 0 saturated carbocycles. The van der Waals surface area contributed by atoms with Crippen LogP contribution in [0.4, 0.5) is 4.39 Å². The Morgan fingerprint density at radius 2 is 1.66 bits per heavy atom. The topological polar surface area (TPSA) is 137 Å². The SMILES string of the molecule is C[C@H]1C(=O)C[C@@H](CO)C(=O)N[C@@]2(Cc3ccc(Cl)cc3)CCCN(C2)C(=O)[C@H](Cc2ccccc2)CC(=O)N1Cc1cc(F)c(Cl)cc1Oc1ccc(-c2cnc(CN(C)C)n2C)cc1. The Kier molecular flexibility index (Phi) is 15.1. The first-order valence-corrected chi connectivity index (χ1v) is 22.6. The number of hydrogen-bond donors (Lipinski definition) is 2. The molecule has 15 heteroatoms. The molecule has 12 nitrogen and oxygen atoms in total. The van der Waals surface area contributed by atoms with E-state index < -0.39 is 53.4 Å². The van der Waals surface area contributed by atoms with Crippen molar-refractivity contribution >= 4 is 46.7 Å². The number of hydrogen-bond acceptors (Lipinski definition) is 8. The van der Waals surface area contributed by atoms with E-state index in [1.165, 1.54) is 17.0 Å². The Morgan fingerprint density at radius 3 is 2.35 bits per heavy atom. The number of nitrogens with zero attached hydrogens (tertiary/aromatic N) is 5. The molecule has 342 valence electrons. The minimum Gasteiger partial charge on any atom is -0.457 e. The van der Waals surface area contributed by atoms with Crippen LogP contribution in [0.15, 0.2) is 97.2 Å². The third kappa shape index (κ3) is 11.4. The van der Waals surface area contributed by atoms with Crippen LogP contribution in [0.25, 0.3) is 11.3 Å². The smallest absolute Gasteiger partial charge is 0.226 e. The molecule has 3 amide bonds. The third-order valence-corrected chi connectivity index (χ3v) is 13.0. The molecule has 3 heterocycles. The van der Waals surface area contributed by atoms with E-state index in [0.717, 1.165) is 28.2 Å². The van der Waals surface area contributed by atoms with Gasteiger partial charge >= 0.3 is 0 Å². The molecule has 0 unspecified atom stereocenters. The minimum absolute atomic E-state index is 0.150. The highest BCUT2D eigenvalue weighted by Crippen LogP contribution is 2.35. The highest BCUT2D eigenvalue weighted by molar-refractivity contribution is 6.31. The van der Waals surface area contributed by atoms with Gasteiger partial charge in [-0.25, -0.2) is 9.37 Å². The number of aromatic nitrogens is 2. The molecule has 5 aromatic rings. The Morgan fingerprint density at radius 1 is 0.938 bits per heavy atom. The second kappa shape index (κ2) is 20.7. The summed E-state index contributed by atoms with van der Waals surface area (Å²) < 4.78 is 23.8. The number of aliphatic hydroxyl groups excluding tert-OH is 1. The number of halogens is 3. The molecule has 2 bridgehead atoms.